The molecule has 2 aliphatic carbocycles. The van der Waals surface area contributed by atoms with E-state index in [2.05, 4.69) is 0 Å². The number of carbonyl (C=O) groups excluding carboxylic acids is 2. The van der Waals surface area contributed by atoms with Crippen molar-refractivity contribution in [1.29, 1.82) is 0 Å². The Kier molecular flexibility index (Phi) is 2.33. The highest BCUT2D eigenvalue weighted by atomic mass is 16.5. The van der Waals surface area contributed by atoms with Gasteiger partial charge in [-0.1, -0.05) is 0 Å². The first-order valence-electron chi connectivity index (χ1n) is 5.32. The molecule has 0 aromatic heterocycles. The highest BCUT2D eigenvalue weighted by molar-refractivity contribution is 5.87. The monoisotopic (exact) mass is 196 g/mol. The molecule has 0 spiro atoms. The third-order valence-corrected chi connectivity index (χ3v) is 3.25. The average molecular weight is 196 g/mol. The molecular weight excluding hydrogens is 180 g/mol. The van der Waals surface area contributed by atoms with E-state index in [1.54, 1.807) is 0 Å². The lowest BCUT2D eigenvalue weighted by Gasteiger charge is -2.21. The van der Waals surface area contributed by atoms with Gasteiger partial charge in [-0.25, -0.2) is 0 Å². The van der Waals surface area contributed by atoms with Crippen LogP contribution < -0.4 is 0 Å². The molecule has 0 aliphatic heterocycles. The van der Waals surface area contributed by atoms with Crippen molar-refractivity contribution in [1.82, 2.24) is 0 Å². The Morgan fingerprint density at radius 3 is 2.79 bits per heavy atom. The van der Waals surface area contributed by atoms with Crippen LogP contribution in [0, 0.1) is 11.3 Å². The fourth-order valence-electron chi connectivity index (χ4n) is 1.90. The van der Waals surface area contributed by atoms with Gasteiger partial charge in [0.05, 0.1) is 11.3 Å². The van der Waals surface area contributed by atoms with Gasteiger partial charge >= 0.3 is 5.97 Å². The standard InChI is InChI=1S/C11H16O3/c1-11(6-2-3-9(11)12)7-14-10(13)8-4-5-8/h8H,2-7H2,1H3. The van der Waals surface area contributed by atoms with Gasteiger partial charge in [-0.3, -0.25) is 9.59 Å². The molecule has 3 nitrogen and oxygen atoms in total. The number of ether oxygens (including phenoxy) is 1. The van der Waals surface area contributed by atoms with Gasteiger partial charge in [0.2, 0.25) is 0 Å². The molecule has 2 fully saturated rings. The molecule has 0 radical (unpaired) electrons. The first-order valence-corrected chi connectivity index (χ1v) is 5.32. The summed E-state index contributed by atoms with van der Waals surface area (Å²) in [6, 6.07) is 0. The molecule has 0 N–H and O–H groups in total. The Bertz CT molecular complexity index is 268. The third kappa shape index (κ3) is 1.81. The van der Waals surface area contributed by atoms with E-state index in [1.807, 2.05) is 6.92 Å². The number of hydrogen-bond donors (Lipinski definition) is 0. The zero-order valence-electron chi connectivity index (χ0n) is 8.54. The number of rotatable bonds is 3. The molecule has 0 aromatic rings. The molecule has 1 unspecified atom stereocenters. The minimum Gasteiger partial charge on any atom is -0.464 e. The molecule has 2 saturated carbocycles. The maximum absolute atomic E-state index is 11.5. The Hall–Kier alpha value is -0.860. The van der Waals surface area contributed by atoms with Crippen molar-refractivity contribution in [3.8, 4) is 0 Å². The Morgan fingerprint density at radius 2 is 2.29 bits per heavy atom. The van der Waals surface area contributed by atoms with Gasteiger partial charge < -0.3 is 4.74 Å². The number of carbonyl (C=O) groups is 2. The van der Waals surface area contributed by atoms with Crippen LogP contribution in [0.5, 0.6) is 0 Å². The van der Waals surface area contributed by atoms with Gasteiger partial charge in [0.1, 0.15) is 12.4 Å². The van der Waals surface area contributed by atoms with Crippen molar-refractivity contribution >= 4 is 11.8 Å². The van der Waals surface area contributed by atoms with Crippen molar-refractivity contribution in [2.24, 2.45) is 11.3 Å². The highest BCUT2D eigenvalue weighted by Gasteiger charge is 2.40. The zero-order valence-corrected chi connectivity index (χ0v) is 8.54. The fraction of sp³-hybridized carbons (Fsp3) is 0.818. The van der Waals surface area contributed by atoms with Crippen molar-refractivity contribution in [3.05, 3.63) is 0 Å². The first-order chi connectivity index (χ1) is 6.62. The van der Waals surface area contributed by atoms with E-state index >= 15 is 0 Å². The van der Waals surface area contributed by atoms with Crippen LogP contribution in [0.2, 0.25) is 0 Å². The lowest BCUT2D eigenvalue weighted by Crippen LogP contribution is -2.29. The summed E-state index contributed by atoms with van der Waals surface area (Å²) in [4.78, 5) is 22.8. The number of ketones is 1. The third-order valence-electron chi connectivity index (χ3n) is 3.25. The van der Waals surface area contributed by atoms with Crippen molar-refractivity contribution < 1.29 is 14.3 Å². The molecule has 2 rings (SSSR count). The van der Waals surface area contributed by atoms with E-state index in [-0.39, 0.29) is 23.1 Å². The van der Waals surface area contributed by atoms with Crippen LogP contribution in [0.15, 0.2) is 0 Å². The maximum Gasteiger partial charge on any atom is 0.308 e. The molecule has 0 amide bonds. The largest absolute Gasteiger partial charge is 0.464 e. The first kappa shape index (κ1) is 9.69. The topological polar surface area (TPSA) is 43.4 Å². The second-order valence-electron chi connectivity index (χ2n) is 4.72. The number of esters is 1. The molecule has 0 aromatic carbocycles. The molecule has 3 heteroatoms. The smallest absolute Gasteiger partial charge is 0.308 e. The van der Waals surface area contributed by atoms with Gasteiger partial charge in [-0.05, 0) is 32.6 Å². The molecule has 1 atom stereocenters. The van der Waals surface area contributed by atoms with E-state index in [9.17, 15) is 9.59 Å². The van der Waals surface area contributed by atoms with Crippen molar-refractivity contribution in [2.45, 2.75) is 39.0 Å². The van der Waals surface area contributed by atoms with Gasteiger partial charge in [0, 0.05) is 6.42 Å². The fourth-order valence-corrected chi connectivity index (χ4v) is 1.90. The normalized spacial score (nSPS) is 31.9. The summed E-state index contributed by atoms with van der Waals surface area (Å²) in [6.45, 7) is 2.20. The summed E-state index contributed by atoms with van der Waals surface area (Å²) in [6.07, 6.45) is 4.38. The summed E-state index contributed by atoms with van der Waals surface area (Å²) < 4.78 is 5.16. The average Bonchev–Trinajstić information content (AvgIpc) is 2.93. The predicted molar refractivity (Wildman–Crippen MR) is 50.6 cm³/mol. The second-order valence-corrected chi connectivity index (χ2v) is 4.72. The van der Waals surface area contributed by atoms with Crippen LogP contribution in [0.4, 0.5) is 0 Å². The van der Waals surface area contributed by atoms with Gasteiger partial charge in [0.15, 0.2) is 0 Å². The Morgan fingerprint density at radius 1 is 1.57 bits per heavy atom. The van der Waals surface area contributed by atoms with Gasteiger partial charge in [-0.2, -0.15) is 0 Å². The van der Waals surface area contributed by atoms with E-state index in [0.29, 0.717) is 13.0 Å². The summed E-state index contributed by atoms with van der Waals surface area (Å²) in [7, 11) is 0. The lowest BCUT2D eigenvalue weighted by atomic mass is 9.89. The minimum absolute atomic E-state index is 0.106. The lowest BCUT2D eigenvalue weighted by molar-refractivity contribution is -0.150. The van der Waals surface area contributed by atoms with E-state index in [1.165, 1.54) is 0 Å². The van der Waals surface area contributed by atoms with E-state index in [0.717, 1.165) is 25.7 Å². The molecule has 78 valence electrons. The van der Waals surface area contributed by atoms with E-state index in [4.69, 9.17) is 4.74 Å². The molecule has 14 heavy (non-hydrogen) atoms. The van der Waals surface area contributed by atoms with Crippen molar-refractivity contribution in [3.63, 3.8) is 0 Å². The second kappa shape index (κ2) is 3.37. The van der Waals surface area contributed by atoms with Crippen LogP contribution in [-0.4, -0.2) is 18.4 Å². The maximum atomic E-state index is 11.5. The van der Waals surface area contributed by atoms with Gasteiger partial charge in [0.25, 0.3) is 0 Å². The number of hydrogen-bond acceptors (Lipinski definition) is 3. The molecule has 2 aliphatic rings. The van der Waals surface area contributed by atoms with Crippen LogP contribution in [-0.2, 0) is 14.3 Å². The van der Waals surface area contributed by atoms with Crippen LogP contribution in [0.25, 0.3) is 0 Å². The molecule has 0 saturated heterocycles. The van der Waals surface area contributed by atoms with Crippen molar-refractivity contribution in [2.75, 3.05) is 6.61 Å². The molecule has 0 heterocycles. The molecular formula is C11H16O3. The van der Waals surface area contributed by atoms with Gasteiger partial charge in [-0.15, -0.1) is 0 Å². The highest BCUT2D eigenvalue weighted by Crippen LogP contribution is 2.36. The summed E-state index contributed by atoms with van der Waals surface area (Å²) in [5, 5.41) is 0. The SMILES string of the molecule is CC1(COC(=O)C2CC2)CCCC1=O. The van der Waals surface area contributed by atoms with Crippen LogP contribution in [0.3, 0.4) is 0 Å². The quantitative estimate of drug-likeness (QED) is 0.645. The summed E-state index contributed by atoms with van der Waals surface area (Å²) >= 11 is 0. The summed E-state index contributed by atoms with van der Waals surface area (Å²) in [5.41, 5.74) is -0.384. The minimum atomic E-state index is -0.384. The predicted octanol–water partition coefficient (Wildman–Crippen LogP) is 1.70. The Labute approximate surface area is 83.8 Å². The molecule has 0 bridgehead atoms. The van der Waals surface area contributed by atoms with E-state index < -0.39 is 0 Å². The van der Waals surface area contributed by atoms with Crippen LogP contribution in [0.1, 0.15) is 39.0 Å². The summed E-state index contributed by atoms with van der Waals surface area (Å²) in [5.74, 6) is 0.280. The zero-order chi connectivity index (χ0) is 10.2. The van der Waals surface area contributed by atoms with Crippen LogP contribution >= 0.6 is 0 Å². The Balaban J connectivity index is 1.83. The number of Topliss-reactive ketones (excluding diaryl/α,β-unsaturated/α-hetero) is 1.